The molecule has 0 unspecified atom stereocenters. The van der Waals surface area contributed by atoms with Crippen molar-refractivity contribution in [3.63, 3.8) is 0 Å². The number of halogens is 1. The summed E-state index contributed by atoms with van der Waals surface area (Å²) in [6.45, 7) is 0.959. The molecule has 4 aromatic rings. The Morgan fingerprint density at radius 3 is 2.61 bits per heavy atom. The van der Waals surface area contributed by atoms with Crippen LogP contribution in [0.5, 0.6) is 0 Å². The Hall–Kier alpha value is -2.85. The minimum absolute atomic E-state index is 0.00473. The number of carbonyl (C=O) groups is 1. The molecular weight excluding hydrogens is 516 g/mol. The summed E-state index contributed by atoms with van der Waals surface area (Å²) in [6, 6.07) is 13.6. The van der Waals surface area contributed by atoms with Gasteiger partial charge in [-0.25, -0.2) is 12.7 Å². The van der Waals surface area contributed by atoms with Gasteiger partial charge < -0.3 is 4.90 Å². The third-order valence-corrected chi connectivity index (χ3v) is 9.66. The molecular formula is C26H23ClN4O3S2. The zero-order valence-electron chi connectivity index (χ0n) is 19.5. The molecule has 0 bridgehead atoms. The smallest absolute Gasteiger partial charge is 0.238 e. The lowest BCUT2D eigenvalue weighted by atomic mass is 9.74. The van der Waals surface area contributed by atoms with Gasteiger partial charge in [-0.15, -0.1) is 11.3 Å². The number of para-hydroxylation sites is 1. The minimum atomic E-state index is -3.30. The predicted octanol–water partition coefficient (Wildman–Crippen LogP) is 4.85. The van der Waals surface area contributed by atoms with Crippen molar-refractivity contribution in [1.29, 1.82) is 0 Å². The number of anilines is 1. The van der Waals surface area contributed by atoms with E-state index in [4.69, 9.17) is 16.6 Å². The van der Waals surface area contributed by atoms with E-state index < -0.39 is 15.4 Å². The fourth-order valence-corrected chi connectivity index (χ4v) is 7.28. The van der Waals surface area contributed by atoms with E-state index in [-0.39, 0.29) is 5.91 Å². The van der Waals surface area contributed by atoms with Gasteiger partial charge in [0.15, 0.2) is 0 Å². The molecule has 0 aliphatic carbocycles. The van der Waals surface area contributed by atoms with E-state index in [1.165, 1.54) is 21.9 Å². The van der Waals surface area contributed by atoms with Crippen molar-refractivity contribution in [3.05, 3.63) is 76.6 Å². The molecule has 184 valence electrons. The van der Waals surface area contributed by atoms with Crippen molar-refractivity contribution in [3.8, 4) is 10.4 Å². The first kappa shape index (κ1) is 23.5. The first-order valence-corrected chi connectivity index (χ1v) is 14.7. The number of pyridine rings is 1. The molecule has 0 saturated carbocycles. The number of thiazole rings is 1. The Bertz CT molecular complexity index is 1600. The molecule has 10 heteroatoms. The van der Waals surface area contributed by atoms with Gasteiger partial charge in [0.05, 0.1) is 34.3 Å². The third-order valence-electron chi connectivity index (χ3n) is 7.33. The zero-order valence-corrected chi connectivity index (χ0v) is 21.9. The van der Waals surface area contributed by atoms with Crippen LogP contribution in [0.4, 0.5) is 5.69 Å². The summed E-state index contributed by atoms with van der Waals surface area (Å²) < 4.78 is 25.7. The molecule has 0 atom stereocenters. The molecule has 2 aromatic carbocycles. The molecule has 2 aliphatic rings. The third kappa shape index (κ3) is 3.73. The van der Waals surface area contributed by atoms with Crippen molar-refractivity contribution in [2.24, 2.45) is 0 Å². The summed E-state index contributed by atoms with van der Waals surface area (Å²) in [4.78, 5) is 26.0. The monoisotopic (exact) mass is 538 g/mol. The van der Waals surface area contributed by atoms with Crippen LogP contribution in [0.3, 0.4) is 0 Å². The SMILES string of the molecule is CS(=O)(=O)N1CCC2(CC1)C(=O)N(Cc1ncc3cc(Cl)ccc3c1-c1cncs1)c1ccccc12. The highest BCUT2D eigenvalue weighted by atomic mass is 35.5. The fraction of sp³-hybridized carbons (Fsp3) is 0.269. The Morgan fingerprint density at radius 1 is 1.11 bits per heavy atom. The number of sulfonamides is 1. The Kier molecular flexibility index (Phi) is 5.64. The lowest BCUT2D eigenvalue weighted by Gasteiger charge is -2.37. The van der Waals surface area contributed by atoms with Crippen LogP contribution in [-0.4, -0.2) is 47.9 Å². The van der Waals surface area contributed by atoms with Crippen molar-refractivity contribution >= 4 is 55.3 Å². The number of aromatic nitrogens is 2. The molecule has 2 aromatic heterocycles. The topological polar surface area (TPSA) is 83.5 Å². The number of benzene rings is 2. The molecule has 1 amide bonds. The largest absolute Gasteiger partial charge is 0.305 e. The molecule has 1 spiro atoms. The van der Waals surface area contributed by atoms with Crippen LogP contribution in [-0.2, 0) is 26.8 Å². The molecule has 7 nitrogen and oxygen atoms in total. The standard InChI is InChI=1S/C26H23ClN4O3S2/c1-36(33,34)30-10-8-26(9-11-30)20-4-2-3-5-22(20)31(25(26)32)15-21-24(23-14-28-16-35-23)19-7-6-18(27)12-17(19)13-29-21/h2-7,12-14,16H,8-11,15H2,1H3. The summed E-state index contributed by atoms with van der Waals surface area (Å²) in [7, 11) is -3.30. The van der Waals surface area contributed by atoms with E-state index in [9.17, 15) is 13.2 Å². The number of rotatable bonds is 4. The van der Waals surface area contributed by atoms with Gasteiger partial charge in [0, 0.05) is 47.1 Å². The van der Waals surface area contributed by atoms with Crippen LogP contribution in [0.2, 0.25) is 5.02 Å². The highest BCUT2D eigenvalue weighted by Crippen LogP contribution is 2.49. The van der Waals surface area contributed by atoms with Gasteiger partial charge in [0.2, 0.25) is 15.9 Å². The molecule has 1 saturated heterocycles. The molecule has 1 fully saturated rings. The van der Waals surface area contributed by atoms with Crippen molar-refractivity contribution in [2.75, 3.05) is 24.2 Å². The molecule has 0 N–H and O–H groups in total. The average Bonchev–Trinajstić information content (AvgIpc) is 3.47. The summed E-state index contributed by atoms with van der Waals surface area (Å²) in [5, 5.41) is 2.57. The van der Waals surface area contributed by atoms with E-state index in [2.05, 4.69) is 4.98 Å². The van der Waals surface area contributed by atoms with Gasteiger partial charge in [-0.2, -0.15) is 0 Å². The maximum atomic E-state index is 14.1. The van der Waals surface area contributed by atoms with Crippen LogP contribution < -0.4 is 4.90 Å². The molecule has 0 radical (unpaired) electrons. The minimum Gasteiger partial charge on any atom is -0.305 e. The first-order chi connectivity index (χ1) is 17.3. The van der Waals surface area contributed by atoms with Crippen LogP contribution in [0, 0.1) is 0 Å². The maximum Gasteiger partial charge on any atom is 0.238 e. The van der Waals surface area contributed by atoms with Gasteiger partial charge in [0.1, 0.15) is 0 Å². The van der Waals surface area contributed by atoms with Crippen molar-refractivity contribution in [2.45, 2.75) is 24.8 Å². The second-order valence-electron chi connectivity index (χ2n) is 9.33. The second-order valence-corrected chi connectivity index (χ2v) is 12.6. The first-order valence-electron chi connectivity index (χ1n) is 11.6. The van der Waals surface area contributed by atoms with Gasteiger partial charge in [-0.05, 0) is 42.0 Å². The Balaban J connectivity index is 1.43. The Labute approximate surface area is 218 Å². The van der Waals surface area contributed by atoms with Crippen LogP contribution >= 0.6 is 22.9 Å². The van der Waals surface area contributed by atoms with E-state index >= 15 is 0 Å². The number of nitrogens with zero attached hydrogens (tertiary/aromatic N) is 4. The highest BCUT2D eigenvalue weighted by molar-refractivity contribution is 7.88. The summed E-state index contributed by atoms with van der Waals surface area (Å²) >= 11 is 7.77. The van der Waals surface area contributed by atoms with Gasteiger partial charge >= 0.3 is 0 Å². The predicted molar refractivity (Wildman–Crippen MR) is 143 cm³/mol. The molecule has 2 aliphatic heterocycles. The fourth-order valence-electron chi connectivity index (χ4n) is 5.56. The normalized spacial score (nSPS) is 17.7. The van der Waals surface area contributed by atoms with Crippen molar-refractivity contribution < 1.29 is 13.2 Å². The quantitative estimate of drug-likeness (QED) is 0.371. The van der Waals surface area contributed by atoms with Crippen LogP contribution in [0.25, 0.3) is 21.2 Å². The number of hydrogen-bond acceptors (Lipinski definition) is 6. The average molecular weight is 539 g/mol. The lowest BCUT2D eigenvalue weighted by Crippen LogP contribution is -2.49. The molecule has 36 heavy (non-hydrogen) atoms. The summed E-state index contributed by atoms with van der Waals surface area (Å²) in [6.07, 6.45) is 5.76. The molecule has 4 heterocycles. The number of fused-ring (bicyclic) bond motifs is 3. The summed E-state index contributed by atoms with van der Waals surface area (Å²) in [5.41, 5.74) is 4.62. The summed E-state index contributed by atoms with van der Waals surface area (Å²) in [5.74, 6) is 0.00473. The number of carbonyl (C=O) groups excluding carboxylic acids is 1. The Morgan fingerprint density at radius 2 is 1.89 bits per heavy atom. The highest BCUT2D eigenvalue weighted by Gasteiger charge is 2.52. The van der Waals surface area contributed by atoms with E-state index in [1.54, 1.807) is 11.7 Å². The number of hydrogen-bond donors (Lipinski definition) is 0. The van der Waals surface area contributed by atoms with E-state index in [0.29, 0.717) is 37.5 Å². The lowest BCUT2D eigenvalue weighted by molar-refractivity contribution is -0.124. The number of amides is 1. The van der Waals surface area contributed by atoms with Gasteiger partial charge in [0.25, 0.3) is 0 Å². The van der Waals surface area contributed by atoms with Gasteiger partial charge in [-0.1, -0.05) is 35.9 Å². The maximum absolute atomic E-state index is 14.1. The van der Waals surface area contributed by atoms with Gasteiger partial charge in [-0.3, -0.25) is 14.8 Å². The van der Waals surface area contributed by atoms with Crippen LogP contribution in [0.15, 0.2) is 60.4 Å². The number of piperidine rings is 1. The second kappa shape index (κ2) is 8.62. The van der Waals surface area contributed by atoms with E-state index in [0.717, 1.165) is 38.2 Å². The zero-order chi connectivity index (χ0) is 25.1. The van der Waals surface area contributed by atoms with Crippen LogP contribution in [0.1, 0.15) is 24.1 Å². The van der Waals surface area contributed by atoms with Crippen molar-refractivity contribution in [1.82, 2.24) is 14.3 Å². The molecule has 6 rings (SSSR count). The van der Waals surface area contributed by atoms with E-state index in [1.807, 2.05) is 53.6 Å².